The van der Waals surface area contributed by atoms with E-state index in [0.717, 1.165) is 16.9 Å². The van der Waals surface area contributed by atoms with Crippen LogP contribution >= 0.6 is 0 Å². The van der Waals surface area contributed by atoms with Gasteiger partial charge in [-0.25, -0.2) is 0 Å². The van der Waals surface area contributed by atoms with Gasteiger partial charge in [0.15, 0.2) is 0 Å². The van der Waals surface area contributed by atoms with Gasteiger partial charge in [-0.15, -0.1) is 0 Å². The van der Waals surface area contributed by atoms with Gasteiger partial charge in [0.05, 0.1) is 0 Å². The second kappa shape index (κ2) is 5.69. The van der Waals surface area contributed by atoms with E-state index in [4.69, 9.17) is 4.43 Å². The number of rotatable bonds is 4. The summed E-state index contributed by atoms with van der Waals surface area (Å²) in [5.41, 5.74) is 3.38. The lowest BCUT2D eigenvalue weighted by Gasteiger charge is -2.16. The first kappa shape index (κ1) is 12.6. The Morgan fingerprint density at radius 2 is 1.72 bits per heavy atom. The molecule has 2 aromatic rings. The highest BCUT2D eigenvalue weighted by atomic mass is 28.3. The smallest absolute Gasteiger partial charge is 0.274 e. The monoisotopic (exact) mass is 253 g/mol. The van der Waals surface area contributed by atoms with Gasteiger partial charge in [0, 0.05) is 11.1 Å². The van der Waals surface area contributed by atoms with Crippen LogP contribution in [0.1, 0.15) is 5.56 Å². The molecule has 2 heteroatoms. The Kier molecular flexibility index (Phi) is 4.00. The van der Waals surface area contributed by atoms with Crippen molar-refractivity contribution in [1.29, 1.82) is 0 Å². The highest BCUT2D eigenvalue weighted by Crippen LogP contribution is 2.34. The Balaban J connectivity index is 2.56. The minimum Gasteiger partial charge on any atom is -0.542 e. The predicted octanol–water partition coefficient (Wildman–Crippen LogP) is 4.63. The molecule has 0 fully saturated rings. The summed E-state index contributed by atoms with van der Waals surface area (Å²) in [4.78, 5) is 0. The van der Waals surface area contributed by atoms with Crippen molar-refractivity contribution in [3.05, 3.63) is 60.7 Å². The molecule has 0 amide bonds. The third-order valence-electron chi connectivity index (χ3n) is 2.66. The summed E-state index contributed by atoms with van der Waals surface area (Å²) in [6.07, 6.45) is 1.85. The largest absolute Gasteiger partial charge is 0.542 e. The van der Waals surface area contributed by atoms with Crippen LogP contribution in [-0.2, 0) is 0 Å². The predicted molar refractivity (Wildman–Crippen MR) is 80.1 cm³/mol. The third kappa shape index (κ3) is 2.71. The lowest BCUT2D eigenvalue weighted by molar-refractivity contribution is 0.581. The Morgan fingerprint density at radius 3 is 2.33 bits per heavy atom. The van der Waals surface area contributed by atoms with Crippen molar-refractivity contribution in [3.8, 4) is 16.9 Å². The number of para-hydroxylation sites is 1. The third-order valence-corrected chi connectivity index (χ3v) is 3.27. The zero-order chi connectivity index (χ0) is 13.0. The van der Waals surface area contributed by atoms with Gasteiger partial charge in [-0.3, -0.25) is 0 Å². The van der Waals surface area contributed by atoms with Crippen molar-refractivity contribution < 1.29 is 4.43 Å². The van der Waals surface area contributed by atoms with Gasteiger partial charge in [0.1, 0.15) is 5.75 Å². The molecule has 0 spiro atoms. The molecule has 2 rings (SSSR count). The average molecular weight is 253 g/mol. The zero-order valence-corrected chi connectivity index (χ0v) is 11.8. The van der Waals surface area contributed by atoms with Gasteiger partial charge in [0.25, 0.3) is 9.04 Å². The van der Waals surface area contributed by atoms with Crippen molar-refractivity contribution in [2.45, 2.75) is 13.1 Å². The van der Waals surface area contributed by atoms with Crippen molar-refractivity contribution in [1.82, 2.24) is 0 Å². The molecule has 0 aliphatic rings. The van der Waals surface area contributed by atoms with Crippen molar-refractivity contribution in [3.63, 3.8) is 0 Å². The lowest BCUT2D eigenvalue weighted by Crippen LogP contribution is -2.12. The normalized spacial score (nSPS) is 10.4. The van der Waals surface area contributed by atoms with Gasteiger partial charge < -0.3 is 4.43 Å². The first-order chi connectivity index (χ1) is 8.72. The maximum Gasteiger partial charge on any atom is 0.274 e. The van der Waals surface area contributed by atoms with E-state index in [1.165, 1.54) is 5.56 Å². The number of hydrogen-bond donors (Lipinski definition) is 0. The van der Waals surface area contributed by atoms with E-state index in [1.807, 2.05) is 36.4 Å². The zero-order valence-electron chi connectivity index (χ0n) is 10.8. The summed E-state index contributed by atoms with van der Waals surface area (Å²) in [5.74, 6) is 0.956. The fourth-order valence-corrected chi connectivity index (χ4v) is 2.51. The van der Waals surface area contributed by atoms with Crippen LogP contribution in [0.2, 0.25) is 13.1 Å². The maximum absolute atomic E-state index is 6.05. The topological polar surface area (TPSA) is 9.23 Å². The van der Waals surface area contributed by atoms with E-state index in [9.17, 15) is 0 Å². The van der Waals surface area contributed by atoms with Crippen molar-refractivity contribution >= 4 is 15.1 Å². The molecule has 0 unspecified atom stereocenters. The summed E-state index contributed by atoms with van der Waals surface area (Å²) in [6.45, 7) is 8.14. The van der Waals surface area contributed by atoms with Gasteiger partial charge in [-0.1, -0.05) is 61.2 Å². The standard InChI is InChI=1S/C16H17OSi/c1-4-13-11-8-12-15(16(13)17-18(2)3)14-9-6-5-7-10-14/h4-12H,1H2,2-3H3. The molecule has 0 aliphatic heterocycles. The molecule has 18 heavy (non-hydrogen) atoms. The van der Waals surface area contributed by atoms with Crippen LogP contribution in [0.15, 0.2) is 55.1 Å². The van der Waals surface area contributed by atoms with Crippen molar-refractivity contribution in [2.75, 3.05) is 0 Å². The van der Waals surface area contributed by atoms with Gasteiger partial charge >= 0.3 is 0 Å². The van der Waals surface area contributed by atoms with Gasteiger partial charge in [0.2, 0.25) is 0 Å². The molecular weight excluding hydrogens is 236 g/mol. The van der Waals surface area contributed by atoms with E-state index in [-0.39, 0.29) is 0 Å². The van der Waals surface area contributed by atoms with E-state index in [1.54, 1.807) is 0 Å². The van der Waals surface area contributed by atoms with Crippen LogP contribution in [0.3, 0.4) is 0 Å². The first-order valence-corrected chi connectivity index (χ1v) is 8.42. The molecular formula is C16H17OSi. The fraction of sp³-hybridized carbons (Fsp3) is 0.125. The molecule has 0 bridgehead atoms. The molecule has 0 aliphatic carbocycles. The molecule has 1 radical (unpaired) electrons. The molecule has 1 nitrogen and oxygen atoms in total. The molecule has 0 heterocycles. The van der Waals surface area contributed by atoms with Crippen LogP contribution in [0.5, 0.6) is 5.75 Å². The number of hydrogen-bond acceptors (Lipinski definition) is 1. The number of benzene rings is 2. The molecule has 0 atom stereocenters. The van der Waals surface area contributed by atoms with Crippen LogP contribution < -0.4 is 4.43 Å². The Bertz CT molecular complexity index is 532. The SMILES string of the molecule is C=Cc1cccc(-c2ccccc2)c1O[Si](C)C. The Labute approximate surface area is 110 Å². The van der Waals surface area contributed by atoms with Crippen LogP contribution in [0, 0.1) is 0 Å². The summed E-state index contributed by atoms with van der Waals surface area (Å²) < 4.78 is 6.05. The second-order valence-electron chi connectivity index (χ2n) is 4.30. The Hall–Kier alpha value is -1.80. The molecule has 2 aromatic carbocycles. The second-order valence-corrected chi connectivity index (χ2v) is 6.33. The van der Waals surface area contributed by atoms with E-state index >= 15 is 0 Å². The first-order valence-electron chi connectivity index (χ1n) is 6.01. The minimum absolute atomic E-state index is 0.796. The molecule has 0 saturated carbocycles. The Morgan fingerprint density at radius 1 is 1.00 bits per heavy atom. The highest BCUT2D eigenvalue weighted by molar-refractivity contribution is 6.49. The quantitative estimate of drug-likeness (QED) is 0.722. The van der Waals surface area contributed by atoms with E-state index < -0.39 is 9.04 Å². The minimum atomic E-state index is -0.796. The summed E-state index contributed by atoms with van der Waals surface area (Å²) in [6, 6.07) is 16.5. The van der Waals surface area contributed by atoms with Crippen LogP contribution in [0.25, 0.3) is 17.2 Å². The lowest BCUT2D eigenvalue weighted by atomic mass is 10.0. The van der Waals surface area contributed by atoms with Crippen LogP contribution in [0.4, 0.5) is 0 Å². The summed E-state index contributed by atoms with van der Waals surface area (Å²) in [7, 11) is -0.796. The fourth-order valence-electron chi connectivity index (χ4n) is 1.88. The molecule has 91 valence electrons. The van der Waals surface area contributed by atoms with E-state index in [0.29, 0.717) is 0 Å². The van der Waals surface area contributed by atoms with Gasteiger partial charge in [-0.2, -0.15) is 0 Å². The van der Waals surface area contributed by atoms with Crippen LogP contribution in [-0.4, -0.2) is 9.04 Å². The summed E-state index contributed by atoms with van der Waals surface area (Å²) in [5, 5.41) is 0. The average Bonchev–Trinajstić information content (AvgIpc) is 2.39. The molecule has 0 N–H and O–H groups in total. The highest BCUT2D eigenvalue weighted by Gasteiger charge is 2.11. The van der Waals surface area contributed by atoms with E-state index in [2.05, 4.69) is 37.9 Å². The van der Waals surface area contributed by atoms with Gasteiger partial charge in [-0.05, 0) is 18.7 Å². The molecule has 0 saturated heterocycles. The van der Waals surface area contributed by atoms with Crippen molar-refractivity contribution in [2.24, 2.45) is 0 Å². The maximum atomic E-state index is 6.05. The summed E-state index contributed by atoms with van der Waals surface area (Å²) >= 11 is 0. The molecule has 0 aromatic heterocycles.